The lowest BCUT2D eigenvalue weighted by molar-refractivity contribution is -0.660. The van der Waals surface area contributed by atoms with Gasteiger partial charge in [0.05, 0.1) is 8.07 Å². The van der Waals surface area contributed by atoms with Gasteiger partial charge in [-0.2, -0.15) is 0 Å². The Morgan fingerprint density at radius 2 is 1.67 bits per heavy atom. The Labute approximate surface area is 148 Å². The predicted molar refractivity (Wildman–Crippen MR) is 107 cm³/mol. The number of pyridine rings is 1. The molecule has 0 spiro atoms. The summed E-state index contributed by atoms with van der Waals surface area (Å²) in [5.41, 5.74) is 7.10. The molecule has 1 nitrogen and oxygen atoms in total. The number of rotatable bonds is 3. The van der Waals surface area contributed by atoms with E-state index < -0.39 is 8.07 Å². The Hall–Kier alpha value is -1.41. The molecule has 1 aromatic heterocycles. The van der Waals surface area contributed by atoms with Gasteiger partial charge in [-0.25, -0.2) is 4.57 Å². The molecule has 0 atom stereocenters. The Bertz CT molecular complexity index is 749. The molecular weight excluding hydrogens is 306 g/mol. The minimum absolute atomic E-state index is 0.783. The fourth-order valence-electron chi connectivity index (χ4n) is 4.25. The van der Waals surface area contributed by atoms with Crippen molar-refractivity contribution < 1.29 is 4.57 Å². The number of aromatic nitrogens is 1. The number of benzene rings is 1. The molecule has 1 aliphatic rings. The van der Waals surface area contributed by atoms with Gasteiger partial charge in [-0.3, -0.25) is 0 Å². The molecule has 1 heterocycles. The fourth-order valence-corrected chi connectivity index (χ4v) is 5.95. The zero-order valence-corrected chi connectivity index (χ0v) is 17.2. The van der Waals surface area contributed by atoms with Gasteiger partial charge in [-0.1, -0.05) is 50.2 Å². The van der Waals surface area contributed by atoms with Gasteiger partial charge >= 0.3 is 0 Å². The molecule has 2 heteroatoms. The minimum atomic E-state index is -1.37. The third-order valence-corrected chi connectivity index (χ3v) is 7.61. The molecule has 1 saturated carbocycles. The Morgan fingerprint density at radius 1 is 1.00 bits per heavy atom. The van der Waals surface area contributed by atoms with Crippen LogP contribution in [0.2, 0.25) is 19.6 Å². The second-order valence-corrected chi connectivity index (χ2v) is 13.7. The van der Waals surface area contributed by atoms with Crippen molar-refractivity contribution in [2.45, 2.75) is 65.1 Å². The van der Waals surface area contributed by atoms with Crippen molar-refractivity contribution in [3.8, 4) is 11.3 Å². The number of hydrogen-bond donors (Lipinski definition) is 0. The predicted octanol–water partition coefficient (Wildman–Crippen LogP) is 5.00. The topological polar surface area (TPSA) is 3.88 Å². The molecule has 128 valence electrons. The summed E-state index contributed by atoms with van der Waals surface area (Å²) in [6.45, 7) is 11.9. The summed E-state index contributed by atoms with van der Waals surface area (Å²) >= 11 is 0. The van der Waals surface area contributed by atoms with E-state index in [1.54, 1.807) is 10.8 Å². The van der Waals surface area contributed by atoms with Gasteiger partial charge in [0.2, 0.25) is 5.69 Å². The third-order valence-electron chi connectivity index (χ3n) is 5.57. The van der Waals surface area contributed by atoms with Crippen molar-refractivity contribution in [3.05, 3.63) is 47.2 Å². The Balaban J connectivity index is 2.18. The van der Waals surface area contributed by atoms with E-state index in [0.717, 1.165) is 5.92 Å². The molecule has 0 amide bonds. The molecule has 3 rings (SSSR count). The summed E-state index contributed by atoms with van der Waals surface area (Å²) in [6, 6.07) is 9.36. The second-order valence-electron chi connectivity index (χ2n) is 8.69. The van der Waals surface area contributed by atoms with Crippen molar-refractivity contribution in [2.75, 3.05) is 0 Å². The SMILES string of the molecule is Cc1ccc(-c2cc([Si](C)(C)C)c(C3CCCC3)c[n+]2C)c(C)c1. The van der Waals surface area contributed by atoms with Crippen molar-refractivity contribution in [1.82, 2.24) is 0 Å². The van der Waals surface area contributed by atoms with Crippen LogP contribution < -0.4 is 9.75 Å². The monoisotopic (exact) mass is 338 g/mol. The van der Waals surface area contributed by atoms with Crippen LogP contribution in [-0.4, -0.2) is 8.07 Å². The fraction of sp³-hybridized carbons (Fsp3) is 0.500. The molecule has 0 bridgehead atoms. The van der Waals surface area contributed by atoms with E-state index in [-0.39, 0.29) is 0 Å². The first-order chi connectivity index (χ1) is 11.3. The quantitative estimate of drug-likeness (QED) is 0.548. The van der Waals surface area contributed by atoms with Crippen LogP contribution in [0.5, 0.6) is 0 Å². The first-order valence-corrected chi connectivity index (χ1v) is 12.9. The maximum Gasteiger partial charge on any atom is 0.212 e. The van der Waals surface area contributed by atoms with E-state index in [2.05, 4.69) is 75.6 Å². The lowest BCUT2D eigenvalue weighted by Gasteiger charge is -2.24. The lowest BCUT2D eigenvalue weighted by Crippen LogP contribution is -2.45. The number of nitrogens with zero attached hydrogens (tertiary/aromatic N) is 1. The highest BCUT2D eigenvalue weighted by Crippen LogP contribution is 2.34. The van der Waals surface area contributed by atoms with Crippen LogP contribution in [-0.2, 0) is 7.05 Å². The normalized spacial score (nSPS) is 15.9. The van der Waals surface area contributed by atoms with Gasteiger partial charge < -0.3 is 0 Å². The summed E-state index contributed by atoms with van der Waals surface area (Å²) in [5, 5.41) is 1.67. The van der Waals surface area contributed by atoms with E-state index in [4.69, 9.17) is 0 Å². The zero-order valence-electron chi connectivity index (χ0n) is 16.2. The zero-order chi connectivity index (χ0) is 17.5. The standard InChI is InChI=1S/C22H32NSi/c1-16-11-12-19(17(2)13-16)21-14-22(24(4,5)6)20(15-23(21)3)18-9-7-8-10-18/h11-15,18H,7-10H2,1-6H3/q+1. The van der Waals surface area contributed by atoms with Crippen LogP contribution in [0.15, 0.2) is 30.5 Å². The van der Waals surface area contributed by atoms with Gasteiger partial charge in [-0.05, 0) is 49.4 Å². The van der Waals surface area contributed by atoms with Gasteiger partial charge in [0.25, 0.3) is 0 Å². The molecular formula is C22H32NSi+. The van der Waals surface area contributed by atoms with Gasteiger partial charge in [0, 0.05) is 17.2 Å². The Morgan fingerprint density at radius 3 is 2.25 bits per heavy atom. The summed E-state index contributed by atoms with van der Waals surface area (Å²) < 4.78 is 2.37. The van der Waals surface area contributed by atoms with Gasteiger partial charge in [-0.15, -0.1) is 0 Å². The van der Waals surface area contributed by atoms with Crippen LogP contribution in [0.25, 0.3) is 11.3 Å². The van der Waals surface area contributed by atoms with Crippen molar-refractivity contribution in [1.29, 1.82) is 0 Å². The van der Waals surface area contributed by atoms with E-state index >= 15 is 0 Å². The largest absolute Gasteiger partial charge is 0.212 e. The summed E-state index contributed by atoms with van der Waals surface area (Å²) in [6.07, 6.45) is 8.01. The first-order valence-electron chi connectivity index (χ1n) is 9.39. The minimum Gasteiger partial charge on any atom is -0.201 e. The molecule has 0 aliphatic heterocycles. The molecule has 1 aliphatic carbocycles. The molecule has 0 saturated heterocycles. The lowest BCUT2D eigenvalue weighted by atomic mass is 9.97. The van der Waals surface area contributed by atoms with Gasteiger partial charge in [0.1, 0.15) is 7.05 Å². The average molecular weight is 339 g/mol. The molecule has 0 radical (unpaired) electrons. The van der Waals surface area contributed by atoms with Crippen LogP contribution in [0.3, 0.4) is 0 Å². The highest BCUT2D eigenvalue weighted by Gasteiger charge is 2.30. The summed E-state index contributed by atoms with van der Waals surface area (Å²) in [4.78, 5) is 0. The molecule has 1 fully saturated rings. The van der Waals surface area contributed by atoms with E-state index in [1.807, 2.05) is 0 Å². The first kappa shape index (κ1) is 17.4. The molecule has 2 aromatic rings. The van der Waals surface area contributed by atoms with E-state index in [1.165, 1.54) is 48.1 Å². The highest BCUT2D eigenvalue weighted by atomic mass is 28.3. The molecule has 0 N–H and O–H groups in total. The Kier molecular flexibility index (Phi) is 4.70. The number of hydrogen-bond acceptors (Lipinski definition) is 0. The smallest absolute Gasteiger partial charge is 0.201 e. The van der Waals surface area contributed by atoms with Crippen molar-refractivity contribution >= 4 is 13.3 Å². The molecule has 1 aromatic carbocycles. The van der Waals surface area contributed by atoms with Crippen molar-refractivity contribution in [3.63, 3.8) is 0 Å². The van der Waals surface area contributed by atoms with Crippen LogP contribution >= 0.6 is 0 Å². The molecule has 24 heavy (non-hydrogen) atoms. The van der Waals surface area contributed by atoms with Crippen molar-refractivity contribution in [2.24, 2.45) is 7.05 Å². The van der Waals surface area contributed by atoms with Crippen LogP contribution in [0.4, 0.5) is 0 Å². The average Bonchev–Trinajstić information content (AvgIpc) is 3.00. The van der Waals surface area contributed by atoms with E-state index in [9.17, 15) is 0 Å². The van der Waals surface area contributed by atoms with Crippen LogP contribution in [0, 0.1) is 13.8 Å². The summed E-state index contributed by atoms with van der Waals surface area (Å²) in [5.74, 6) is 0.783. The maximum atomic E-state index is 2.53. The van der Waals surface area contributed by atoms with Gasteiger partial charge in [0.15, 0.2) is 6.20 Å². The maximum absolute atomic E-state index is 2.53. The number of aryl methyl sites for hydroxylation is 3. The summed E-state index contributed by atoms with van der Waals surface area (Å²) in [7, 11) is 0.849. The van der Waals surface area contributed by atoms with Crippen LogP contribution in [0.1, 0.15) is 48.3 Å². The highest BCUT2D eigenvalue weighted by molar-refractivity contribution is 6.89. The third kappa shape index (κ3) is 3.35. The second kappa shape index (κ2) is 6.48. The van der Waals surface area contributed by atoms with E-state index in [0.29, 0.717) is 0 Å². The molecule has 0 unspecified atom stereocenters.